The molecule has 5 nitrogen and oxygen atoms in total. The van der Waals surface area contributed by atoms with Crippen LogP contribution >= 0.6 is 11.3 Å². The molecule has 0 unspecified atom stereocenters. The zero-order valence-electron chi connectivity index (χ0n) is 11.3. The maximum Gasteiger partial charge on any atom is 0.349 e. The topological polar surface area (TPSA) is 72.6 Å². The van der Waals surface area contributed by atoms with Crippen LogP contribution in [-0.4, -0.2) is 16.1 Å². The molecule has 0 aliphatic carbocycles. The van der Waals surface area contributed by atoms with E-state index >= 15 is 0 Å². The first-order valence-electron chi connectivity index (χ1n) is 6.50. The Bertz CT molecular complexity index is 757. The lowest BCUT2D eigenvalue weighted by atomic mass is 10.3. The molecule has 108 valence electrons. The van der Waals surface area contributed by atoms with Crippen LogP contribution < -0.4 is 4.74 Å². The van der Waals surface area contributed by atoms with E-state index in [1.165, 1.54) is 11.3 Å². The van der Waals surface area contributed by atoms with Crippen molar-refractivity contribution in [2.75, 3.05) is 0 Å². The minimum absolute atomic E-state index is 0.106. The van der Waals surface area contributed by atoms with Crippen molar-refractivity contribution in [3.05, 3.63) is 46.0 Å². The van der Waals surface area contributed by atoms with Gasteiger partial charge in [-0.05, 0) is 24.6 Å². The summed E-state index contributed by atoms with van der Waals surface area (Å²) in [6.07, 6.45) is 0.775. The molecule has 0 amide bonds. The Balaban J connectivity index is 1.80. The molecule has 0 aliphatic rings. The number of nitrogens with zero attached hydrogens (tertiary/aromatic N) is 1. The molecule has 6 heteroatoms. The van der Waals surface area contributed by atoms with Crippen molar-refractivity contribution in [1.29, 1.82) is 0 Å². The lowest BCUT2D eigenvalue weighted by molar-refractivity contribution is 0.0697. The number of carboxylic acids is 1. The molecule has 2 heterocycles. The van der Waals surface area contributed by atoms with Crippen molar-refractivity contribution < 1.29 is 19.1 Å². The number of para-hydroxylation sites is 2. The number of aromatic nitrogens is 1. The van der Waals surface area contributed by atoms with Gasteiger partial charge < -0.3 is 14.3 Å². The number of fused-ring (bicyclic) bond motifs is 1. The maximum absolute atomic E-state index is 11.2. The summed E-state index contributed by atoms with van der Waals surface area (Å²) < 4.78 is 11.1. The third-order valence-corrected chi connectivity index (χ3v) is 4.23. The fourth-order valence-electron chi connectivity index (χ4n) is 1.97. The van der Waals surface area contributed by atoms with E-state index < -0.39 is 5.97 Å². The molecule has 3 rings (SSSR count). The second-order valence-corrected chi connectivity index (χ2v) is 5.57. The highest BCUT2D eigenvalue weighted by Gasteiger charge is 2.17. The Morgan fingerprint density at radius 1 is 1.43 bits per heavy atom. The highest BCUT2D eigenvalue weighted by Crippen LogP contribution is 2.30. The van der Waals surface area contributed by atoms with Crippen LogP contribution in [0.2, 0.25) is 0 Å². The number of hydrogen-bond acceptors (Lipinski definition) is 5. The predicted octanol–water partition coefficient (Wildman–Crippen LogP) is 3.73. The first-order valence-corrected chi connectivity index (χ1v) is 7.32. The number of hydrogen-bond donors (Lipinski definition) is 1. The molecule has 1 N–H and O–H groups in total. The van der Waals surface area contributed by atoms with Gasteiger partial charge in [-0.3, -0.25) is 0 Å². The van der Waals surface area contributed by atoms with Crippen LogP contribution in [0.4, 0.5) is 0 Å². The van der Waals surface area contributed by atoms with E-state index in [1.54, 1.807) is 6.07 Å². The van der Waals surface area contributed by atoms with E-state index in [4.69, 9.17) is 9.15 Å². The van der Waals surface area contributed by atoms with Gasteiger partial charge in [0.05, 0.1) is 0 Å². The van der Waals surface area contributed by atoms with E-state index in [9.17, 15) is 9.90 Å². The standard InChI is InChI=1S/C15H13NO4S/c1-2-9-7-12(14(21-9)15(17)18)19-8-13-16-10-5-3-4-6-11(10)20-13/h3-7H,2,8H2,1H3,(H,17,18). The summed E-state index contributed by atoms with van der Waals surface area (Å²) in [7, 11) is 0. The van der Waals surface area contributed by atoms with Gasteiger partial charge in [-0.15, -0.1) is 11.3 Å². The summed E-state index contributed by atoms with van der Waals surface area (Å²) in [4.78, 5) is 16.7. The van der Waals surface area contributed by atoms with E-state index in [0.717, 1.165) is 16.8 Å². The molecule has 0 saturated carbocycles. The van der Waals surface area contributed by atoms with Crippen molar-refractivity contribution in [1.82, 2.24) is 4.98 Å². The smallest absolute Gasteiger partial charge is 0.349 e. The van der Waals surface area contributed by atoms with Crippen molar-refractivity contribution in [3.8, 4) is 5.75 Å². The Hall–Kier alpha value is -2.34. The Kier molecular flexibility index (Phi) is 3.62. The van der Waals surface area contributed by atoms with Gasteiger partial charge in [0, 0.05) is 4.88 Å². The molecule has 0 bridgehead atoms. The zero-order chi connectivity index (χ0) is 14.8. The lowest BCUT2D eigenvalue weighted by Crippen LogP contribution is -2.00. The van der Waals surface area contributed by atoms with Crippen molar-refractivity contribution >= 4 is 28.4 Å². The van der Waals surface area contributed by atoms with E-state index in [0.29, 0.717) is 17.2 Å². The molecular formula is C15H13NO4S. The molecule has 0 saturated heterocycles. The lowest BCUT2D eigenvalue weighted by Gasteiger charge is -2.01. The Morgan fingerprint density at radius 2 is 2.24 bits per heavy atom. The highest BCUT2D eigenvalue weighted by molar-refractivity contribution is 7.14. The summed E-state index contributed by atoms with van der Waals surface area (Å²) in [6, 6.07) is 9.19. The van der Waals surface area contributed by atoms with Gasteiger partial charge in [0.25, 0.3) is 0 Å². The summed E-state index contributed by atoms with van der Waals surface area (Å²) in [6.45, 7) is 2.08. The third-order valence-electron chi connectivity index (χ3n) is 2.98. The molecule has 21 heavy (non-hydrogen) atoms. The molecule has 1 aromatic carbocycles. The number of ether oxygens (including phenoxy) is 1. The maximum atomic E-state index is 11.2. The number of thiophene rings is 1. The molecule has 2 aromatic heterocycles. The average molecular weight is 303 g/mol. The Morgan fingerprint density at radius 3 is 2.95 bits per heavy atom. The van der Waals surface area contributed by atoms with E-state index in [-0.39, 0.29) is 11.5 Å². The van der Waals surface area contributed by atoms with Crippen molar-refractivity contribution in [2.45, 2.75) is 20.0 Å². The van der Waals surface area contributed by atoms with Crippen LogP contribution in [0.1, 0.15) is 27.4 Å². The number of aromatic carboxylic acids is 1. The predicted molar refractivity (Wildman–Crippen MR) is 79.0 cm³/mol. The Labute approximate surface area is 124 Å². The van der Waals surface area contributed by atoms with Crippen LogP contribution in [0.15, 0.2) is 34.7 Å². The molecular weight excluding hydrogens is 290 g/mol. The van der Waals surface area contributed by atoms with Crippen molar-refractivity contribution in [2.24, 2.45) is 0 Å². The van der Waals surface area contributed by atoms with Crippen LogP contribution in [0.25, 0.3) is 11.1 Å². The van der Waals surface area contributed by atoms with E-state index in [2.05, 4.69) is 4.98 Å². The fraction of sp³-hybridized carbons (Fsp3) is 0.200. The van der Waals surface area contributed by atoms with Crippen LogP contribution in [0, 0.1) is 0 Å². The zero-order valence-corrected chi connectivity index (χ0v) is 12.1. The number of carboxylic acid groups (broad SMARTS) is 1. The van der Waals surface area contributed by atoms with Gasteiger partial charge in [0.1, 0.15) is 11.3 Å². The van der Waals surface area contributed by atoms with Gasteiger partial charge in [0.15, 0.2) is 17.1 Å². The summed E-state index contributed by atoms with van der Waals surface area (Å²) in [5.41, 5.74) is 1.45. The minimum Gasteiger partial charge on any atom is -0.482 e. The van der Waals surface area contributed by atoms with Crippen LogP contribution in [0.5, 0.6) is 5.75 Å². The highest BCUT2D eigenvalue weighted by atomic mass is 32.1. The van der Waals surface area contributed by atoms with Gasteiger partial charge in [-0.25, -0.2) is 9.78 Å². The van der Waals surface area contributed by atoms with Gasteiger partial charge in [0.2, 0.25) is 5.89 Å². The van der Waals surface area contributed by atoms with Gasteiger partial charge in [-0.2, -0.15) is 0 Å². The summed E-state index contributed by atoms with van der Waals surface area (Å²) in [5.74, 6) is -0.185. The molecule has 0 fully saturated rings. The normalized spacial score (nSPS) is 10.9. The van der Waals surface area contributed by atoms with E-state index in [1.807, 2.05) is 31.2 Å². The first kappa shape index (κ1) is 13.6. The first-order chi connectivity index (χ1) is 10.2. The molecule has 0 aliphatic heterocycles. The van der Waals surface area contributed by atoms with Crippen LogP contribution in [0.3, 0.4) is 0 Å². The molecule has 0 atom stereocenters. The number of benzene rings is 1. The number of rotatable bonds is 5. The van der Waals surface area contributed by atoms with Gasteiger partial charge in [-0.1, -0.05) is 19.1 Å². The second kappa shape index (κ2) is 5.57. The molecule has 0 spiro atoms. The number of carbonyl (C=O) groups is 1. The SMILES string of the molecule is CCc1cc(OCc2nc3ccccc3o2)c(C(=O)O)s1. The molecule has 0 radical (unpaired) electrons. The summed E-state index contributed by atoms with van der Waals surface area (Å²) >= 11 is 1.23. The monoisotopic (exact) mass is 303 g/mol. The number of oxazole rings is 1. The summed E-state index contributed by atoms with van der Waals surface area (Å²) in [5, 5.41) is 9.18. The van der Waals surface area contributed by atoms with Gasteiger partial charge >= 0.3 is 5.97 Å². The fourth-order valence-corrected chi connectivity index (χ4v) is 2.85. The van der Waals surface area contributed by atoms with Crippen molar-refractivity contribution in [3.63, 3.8) is 0 Å². The quantitative estimate of drug-likeness (QED) is 0.777. The van der Waals surface area contributed by atoms with Crippen LogP contribution in [-0.2, 0) is 13.0 Å². The third kappa shape index (κ3) is 2.75. The average Bonchev–Trinajstić information content (AvgIpc) is 3.08. The second-order valence-electron chi connectivity index (χ2n) is 4.43. The minimum atomic E-state index is -0.979. The number of aryl methyl sites for hydroxylation is 1. The largest absolute Gasteiger partial charge is 0.482 e. The molecule has 3 aromatic rings.